The zero-order chi connectivity index (χ0) is 15.1. The minimum atomic E-state index is -4.43. The molecule has 2 heterocycles. The molecule has 1 aromatic rings. The monoisotopic (exact) mass is 300 g/mol. The minimum absolute atomic E-state index is 0.203. The Kier molecular flexibility index (Phi) is 3.32. The number of piperidine rings is 1. The number of amides is 1. The lowest BCUT2D eigenvalue weighted by molar-refractivity contribution is -0.137. The van der Waals surface area contributed by atoms with E-state index in [2.05, 4.69) is 5.32 Å². The van der Waals surface area contributed by atoms with Gasteiger partial charge in [-0.05, 0) is 37.6 Å². The summed E-state index contributed by atoms with van der Waals surface area (Å²) < 4.78 is 43.6. The lowest BCUT2D eigenvalue weighted by Crippen LogP contribution is -2.57. The summed E-state index contributed by atoms with van der Waals surface area (Å²) in [5, 5.41) is 3.19. The highest BCUT2D eigenvalue weighted by molar-refractivity contribution is 5.91. The van der Waals surface area contributed by atoms with Gasteiger partial charge in [0.1, 0.15) is 6.61 Å². The van der Waals surface area contributed by atoms with E-state index in [1.54, 1.807) is 0 Å². The number of rotatable bonds is 1. The molecule has 0 radical (unpaired) electrons. The number of nitrogens with one attached hydrogen (secondary N) is 1. The van der Waals surface area contributed by atoms with Gasteiger partial charge in [0.25, 0.3) is 0 Å². The first-order valence-electron chi connectivity index (χ1n) is 6.77. The summed E-state index contributed by atoms with van der Waals surface area (Å²) in [5.74, 6) is 0. The molecule has 0 aromatic heterocycles. The van der Waals surface area contributed by atoms with Crippen LogP contribution in [0.15, 0.2) is 24.3 Å². The van der Waals surface area contributed by atoms with Crippen molar-refractivity contribution in [3.63, 3.8) is 0 Å². The number of carbonyl (C=O) groups is 1. The second-order valence-corrected chi connectivity index (χ2v) is 5.44. The Bertz CT molecular complexity index is 553. The fourth-order valence-corrected chi connectivity index (χ4v) is 2.99. The fourth-order valence-electron chi connectivity index (χ4n) is 2.99. The van der Waals surface area contributed by atoms with Crippen molar-refractivity contribution in [1.29, 1.82) is 0 Å². The predicted octanol–water partition coefficient (Wildman–Crippen LogP) is 2.78. The van der Waals surface area contributed by atoms with E-state index in [0.29, 0.717) is 13.0 Å². The minimum Gasteiger partial charge on any atom is -0.447 e. The SMILES string of the molecule is O=C1OCC2(CCCNC2)N1c1cccc(C(F)(F)F)c1. The highest BCUT2D eigenvalue weighted by Gasteiger charge is 2.49. The maximum absolute atomic E-state index is 12.8. The van der Waals surface area contributed by atoms with Crippen molar-refractivity contribution >= 4 is 11.8 Å². The molecule has 4 nitrogen and oxygen atoms in total. The Labute approximate surface area is 119 Å². The van der Waals surface area contributed by atoms with Gasteiger partial charge in [0.15, 0.2) is 0 Å². The van der Waals surface area contributed by atoms with Crippen LogP contribution in [0.3, 0.4) is 0 Å². The van der Waals surface area contributed by atoms with Crippen molar-refractivity contribution in [2.75, 3.05) is 24.6 Å². The van der Waals surface area contributed by atoms with Crippen molar-refractivity contribution in [1.82, 2.24) is 5.32 Å². The normalized spacial score (nSPS) is 26.2. The number of anilines is 1. The van der Waals surface area contributed by atoms with E-state index >= 15 is 0 Å². The summed E-state index contributed by atoms with van der Waals surface area (Å²) in [6, 6.07) is 4.82. The molecular weight excluding hydrogens is 285 g/mol. The Hall–Kier alpha value is -1.76. The van der Waals surface area contributed by atoms with Gasteiger partial charge in [0.2, 0.25) is 0 Å². The molecule has 1 atom stereocenters. The lowest BCUT2D eigenvalue weighted by atomic mass is 9.89. The van der Waals surface area contributed by atoms with Gasteiger partial charge in [0.05, 0.1) is 11.1 Å². The van der Waals surface area contributed by atoms with Gasteiger partial charge in [-0.1, -0.05) is 6.07 Å². The molecule has 114 valence electrons. The lowest BCUT2D eigenvalue weighted by Gasteiger charge is -2.38. The maximum Gasteiger partial charge on any atom is 0.416 e. The smallest absolute Gasteiger partial charge is 0.416 e. The quantitative estimate of drug-likeness (QED) is 0.867. The Morgan fingerprint density at radius 1 is 1.33 bits per heavy atom. The first-order chi connectivity index (χ1) is 9.92. The van der Waals surface area contributed by atoms with Crippen LogP contribution in [0.4, 0.5) is 23.7 Å². The summed E-state index contributed by atoms with van der Waals surface area (Å²) >= 11 is 0. The van der Waals surface area contributed by atoms with Gasteiger partial charge in [-0.3, -0.25) is 4.90 Å². The van der Waals surface area contributed by atoms with Crippen LogP contribution in [-0.4, -0.2) is 31.3 Å². The summed E-state index contributed by atoms with van der Waals surface area (Å²) in [4.78, 5) is 13.4. The molecule has 1 aromatic carbocycles. The molecule has 1 amide bonds. The molecule has 21 heavy (non-hydrogen) atoms. The molecule has 0 bridgehead atoms. The second kappa shape index (κ2) is 4.91. The second-order valence-electron chi connectivity index (χ2n) is 5.44. The molecule has 2 fully saturated rings. The van der Waals surface area contributed by atoms with E-state index in [-0.39, 0.29) is 12.3 Å². The van der Waals surface area contributed by atoms with Gasteiger partial charge in [-0.25, -0.2) is 4.79 Å². The van der Waals surface area contributed by atoms with Crippen LogP contribution < -0.4 is 10.2 Å². The zero-order valence-corrected chi connectivity index (χ0v) is 11.2. The van der Waals surface area contributed by atoms with Crippen LogP contribution in [0.2, 0.25) is 0 Å². The van der Waals surface area contributed by atoms with Gasteiger partial charge < -0.3 is 10.1 Å². The van der Waals surface area contributed by atoms with Crippen LogP contribution in [0.25, 0.3) is 0 Å². The fraction of sp³-hybridized carbons (Fsp3) is 0.500. The third-order valence-corrected chi connectivity index (χ3v) is 4.00. The number of alkyl halides is 3. The number of benzene rings is 1. The van der Waals surface area contributed by atoms with E-state index in [1.165, 1.54) is 17.0 Å². The van der Waals surface area contributed by atoms with Crippen LogP contribution in [-0.2, 0) is 10.9 Å². The van der Waals surface area contributed by atoms with Crippen LogP contribution >= 0.6 is 0 Å². The molecule has 1 N–H and O–H groups in total. The largest absolute Gasteiger partial charge is 0.447 e. The third-order valence-electron chi connectivity index (χ3n) is 4.00. The Morgan fingerprint density at radius 2 is 2.14 bits per heavy atom. The molecule has 7 heteroatoms. The van der Waals surface area contributed by atoms with Crippen molar-refractivity contribution in [2.45, 2.75) is 24.6 Å². The highest BCUT2D eigenvalue weighted by Crippen LogP contribution is 2.38. The standard InChI is InChI=1S/C14H15F3N2O2/c15-14(16,17)10-3-1-4-11(7-10)19-12(20)21-9-13(19)5-2-6-18-8-13/h1,3-4,7,18H,2,5-6,8-9H2. The molecule has 1 unspecified atom stereocenters. The maximum atomic E-state index is 12.8. The van der Waals surface area contributed by atoms with Crippen molar-refractivity contribution < 1.29 is 22.7 Å². The Balaban J connectivity index is 1.99. The van der Waals surface area contributed by atoms with Crippen molar-refractivity contribution in [3.05, 3.63) is 29.8 Å². The number of carbonyl (C=O) groups excluding carboxylic acids is 1. The summed E-state index contributed by atoms with van der Waals surface area (Å²) in [6.07, 6.45) is -3.45. The van der Waals surface area contributed by atoms with E-state index in [1.807, 2.05) is 0 Å². The number of halogens is 3. The average Bonchev–Trinajstić information content (AvgIpc) is 2.75. The average molecular weight is 300 g/mol. The number of hydrogen-bond acceptors (Lipinski definition) is 3. The van der Waals surface area contributed by atoms with Crippen molar-refractivity contribution in [3.8, 4) is 0 Å². The number of nitrogens with zero attached hydrogens (tertiary/aromatic N) is 1. The molecule has 2 aliphatic rings. The molecule has 1 spiro atoms. The van der Waals surface area contributed by atoms with E-state index in [9.17, 15) is 18.0 Å². The Morgan fingerprint density at radius 3 is 2.81 bits per heavy atom. The molecular formula is C14H15F3N2O2. The summed E-state index contributed by atoms with van der Waals surface area (Å²) in [7, 11) is 0. The van der Waals surface area contributed by atoms with E-state index < -0.39 is 23.4 Å². The first-order valence-corrected chi connectivity index (χ1v) is 6.77. The number of ether oxygens (including phenoxy) is 1. The molecule has 0 aliphatic carbocycles. The summed E-state index contributed by atoms with van der Waals surface area (Å²) in [5.41, 5.74) is -1.12. The predicted molar refractivity (Wildman–Crippen MR) is 70.1 cm³/mol. The topological polar surface area (TPSA) is 41.6 Å². The molecule has 3 rings (SSSR count). The van der Waals surface area contributed by atoms with Gasteiger partial charge in [0, 0.05) is 12.2 Å². The van der Waals surface area contributed by atoms with E-state index in [0.717, 1.165) is 25.1 Å². The van der Waals surface area contributed by atoms with E-state index in [4.69, 9.17) is 4.74 Å². The van der Waals surface area contributed by atoms with Crippen LogP contribution in [0, 0.1) is 0 Å². The number of cyclic esters (lactones) is 1. The van der Waals surface area contributed by atoms with Gasteiger partial charge in [-0.15, -0.1) is 0 Å². The van der Waals surface area contributed by atoms with Crippen molar-refractivity contribution in [2.24, 2.45) is 0 Å². The van der Waals surface area contributed by atoms with Gasteiger partial charge in [-0.2, -0.15) is 13.2 Å². The summed E-state index contributed by atoms with van der Waals surface area (Å²) in [6.45, 7) is 1.57. The molecule has 2 saturated heterocycles. The van der Waals surface area contributed by atoms with Crippen LogP contribution in [0.5, 0.6) is 0 Å². The third kappa shape index (κ3) is 2.46. The molecule has 0 saturated carbocycles. The van der Waals surface area contributed by atoms with Crippen LogP contribution in [0.1, 0.15) is 18.4 Å². The first kappa shape index (κ1) is 14.2. The highest BCUT2D eigenvalue weighted by atomic mass is 19.4. The molecule has 2 aliphatic heterocycles. The zero-order valence-electron chi connectivity index (χ0n) is 11.2. The number of hydrogen-bond donors (Lipinski definition) is 1. The van der Waals surface area contributed by atoms with Gasteiger partial charge >= 0.3 is 12.3 Å².